The molecule has 9 nitrogen and oxygen atoms in total. The van der Waals surface area contributed by atoms with Crippen LogP contribution in [0.25, 0.3) is 28.6 Å². The van der Waals surface area contributed by atoms with Crippen LogP contribution < -0.4 is 19.9 Å². The third-order valence-electron chi connectivity index (χ3n) is 6.10. The van der Waals surface area contributed by atoms with Gasteiger partial charge in [0.1, 0.15) is 23.8 Å². The molecule has 208 valence electrons. The van der Waals surface area contributed by atoms with E-state index < -0.39 is 0 Å². The number of rotatable bonds is 10. The number of ether oxygens (including phenoxy) is 1. The third-order valence-corrected chi connectivity index (χ3v) is 6.89. The van der Waals surface area contributed by atoms with E-state index in [0.29, 0.717) is 32.8 Å². The van der Waals surface area contributed by atoms with Crippen molar-refractivity contribution in [3.8, 4) is 28.3 Å². The SMILES string of the molecule is CNN(C)c1cc(-c2ccc(OCc3c(-c4c(Cl)cncc4Cl)noc3C(C)C)cn2)ccc1/C=C/C(=O)NS. The fourth-order valence-corrected chi connectivity index (χ4v) is 4.62. The lowest BCUT2D eigenvalue weighted by Crippen LogP contribution is -2.30. The van der Waals surface area contributed by atoms with Crippen molar-refractivity contribution in [1.29, 1.82) is 0 Å². The van der Waals surface area contributed by atoms with Crippen LogP contribution in [-0.4, -0.2) is 35.1 Å². The van der Waals surface area contributed by atoms with Gasteiger partial charge in [-0.2, -0.15) is 0 Å². The summed E-state index contributed by atoms with van der Waals surface area (Å²) in [5.74, 6) is 1.01. The zero-order valence-electron chi connectivity index (χ0n) is 22.3. The zero-order chi connectivity index (χ0) is 28.8. The van der Waals surface area contributed by atoms with E-state index in [1.54, 1.807) is 12.3 Å². The highest BCUT2D eigenvalue weighted by Gasteiger charge is 2.24. The standard InChI is InChI=1S/C28H28Cl2N6O3S/c1-16(2)28-20(27(34-39-28)26-21(29)13-32-14-22(26)30)15-38-19-8-9-23(33-12-19)18-6-5-17(7-10-25(37)35-40)24(11-18)36(4)31-3/h5-14,16,31,40H,15H2,1-4H3,(H,35,37)/b10-7+. The molecule has 1 amide bonds. The van der Waals surface area contributed by atoms with Gasteiger partial charge in [0.2, 0.25) is 0 Å². The van der Waals surface area contributed by atoms with Crippen molar-refractivity contribution in [2.75, 3.05) is 19.1 Å². The Bertz CT molecular complexity index is 1500. The number of hydrogen-bond donors (Lipinski definition) is 3. The molecular weight excluding hydrogens is 571 g/mol. The average molecular weight is 600 g/mol. The molecule has 0 bridgehead atoms. The van der Waals surface area contributed by atoms with Crippen molar-refractivity contribution in [1.82, 2.24) is 25.3 Å². The number of carbonyl (C=O) groups excluding carboxylic acids is 1. The van der Waals surface area contributed by atoms with Crippen LogP contribution in [0.2, 0.25) is 10.0 Å². The topological polar surface area (TPSA) is 105 Å². The van der Waals surface area contributed by atoms with Gasteiger partial charge in [0.15, 0.2) is 0 Å². The molecule has 0 aliphatic carbocycles. The Morgan fingerprint density at radius 1 is 1.18 bits per heavy atom. The van der Waals surface area contributed by atoms with E-state index in [1.165, 1.54) is 18.5 Å². The molecule has 3 heterocycles. The first-order valence-electron chi connectivity index (χ1n) is 12.3. The minimum atomic E-state index is -0.312. The molecule has 4 aromatic rings. The molecule has 0 radical (unpaired) electrons. The Labute approximate surface area is 248 Å². The fraction of sp³-hybridized carbons (Fsp3) is 0.214. The number of thiol groups is 1. The van der Waals surface area contributed by atoms with Crippen LogP contribution in [0.5, 0.6) is 5.75 Å². The molecule has 0 atom stereocenters. The smallest absolute Gasteiger partial charge is 0.253 e. The highest BCUT2D eigenvalue weighted by molar-refractivity contribution is 7.78. The van der Waals surface area contributed by atoms with Gasteiger partial charge in [0.25, 0.3) is 5.91 Å². The summed E-state index contributed by atoms with van der Waals surface area (Å²) in [5, 5.41) is 6.85. The van der Waals surface area contributed by atoms with Crippen LogP contribution in [0.3, 0.4) is 0 Å². The molecule has 0 unspecified atom stereocenters. The van der Waals surface area contributed by atoms with Crippen LogP contribution in [0.15, 0.2) is 59.5 Å². The predicted octanol–water partition coefficient (Wildman–Crippen LogP) is 6.35. The summed E-state index contributed by atoms with van der Waals surface area (Å²) in [4.78, 5) is 20.2. The van der Waals surface area contributed by atoms with Gasteiger partial charge in [-0.05, 0) is 29.8 Å². The highest BCUT2D eigenvalue weighted by Crippen LogP contribution is 2.38. The van der Waals surface area contributed by atoms with E-state index in [-0.39, 0.29) is 18.4 Å². The molecule has 0 aliphatic rings. The number of hydrazine groups is 1. The number of anilines is 1. The average Bonchev–Trinajstić information content (AvgIpc) is 3.38. The van der Waals surface area contributed by atoms with Crippen LogP contribution in [0.1, 0.15) is 36.7 Å². The summed E-state index contributed by atoms with van der Waals surface area (Å²) in [6.07, 6.45) is 7.83. The molecule has 1 aromatic carbocycles. The number of hydrogen-bond acceptors (Lipinski definition) is 9. The largest absolute Gasteiger partial charge is 0.487 e. The van der Waals surface area contributed by atoms with E-state index in [2.05, 4.69) is 38.1 Å². The summed E-state index contributed by atoms with van der Waals surface area (Å²) in [5.41, 5.74) is 8.27. The summed E-state index contributed by atoms with van der Waals surface area (Å²) in [7, 11) is 3.70. The number of halogens is 2. The molecular formula is C28H28Cl2N6O3S. The number of amides is 1. The fourth-order valence-electron chi connectivity index (χ4n) is 4.00. The molecule has 12 heteroatoms. The summed E-state index contributed by atoms with van der Waals surface area (Å²) in [6.45, 7) is 4.20. The van der Waals surface area contributed by atoms with E-state index in [9.17, 15) is 4.79 Å². The van der Waals surface area contributed by atoms with Gasteiger partial charge in [-0.1, -0.05) is 67.2 Å². The second-order valence-corrected chi connectivity index (χ2v) is 10.1. The number of nitrogens with zero attached hydrogens (tertiary/aromatic N) is 4. The van der Waals surface area contributed by atoms with Crippen molar-refractivity contribution in [2.45, 2.75) is 26.4 Å². The van der Waals surface area contributed by atoms with Crippen molar-refractivity contribution in [2.24, 2.45) is 0 Å². The molecule has 2 N–H and O–H groups in total. The van der Waals surface area contributed by atoms with Gasteiger partial charge in [-0.25, -0.2) is 5.43 Å². The Morgan fingerprint density at radius 3 is 2.55 bits per heavy atom. The number of aromatic nitrogens is 3. The number of nitrogens with one attached hydrogen (secondary N) is 2. The lowest BCUT2D eigenvalue weighted by atomic mass is 10.0. The van der Waals surface area contributed by atoms with Gasteiger partial charge in [0.05, 0.1) is 33.2 Å². The summed E-state index contributed by atoms with van der Waals surface area (Å²) in [6, 6.07) is 9.57. The van der Waals surface area contributed by atoms with Gasteiger partial charge in [-0.3, -0.25) is 19.5 Å². The first kappa shape index (κ1) is 29.4. The van der Waals surface area contributed by atoms with E-state index in [1.807, 2.05) is 63.3 Å². The molecule has 0 fully saturated rings. The molecule has 0 spiro atoms. The van der Waals surface area contributed by atoms with Crippen LogP contribution in [-0.2, 0) is 11.4 Å². The van der Waals surface area contributed by atoms with Gasteiger partial charge in [-0.15, -0.1) is 0 Å². The van der Waals surface area contributed by atoms with Crippen LogP contribution in [0, 0.1) is 0 Å². The Morgan fingerprint density at radius 2 is 1.93 bits per heavy atom. The number of carbonyl (C=O) groups is 1. The maximum Gasteiger partial charge on any atom is 0.253 e. The van der Waals surface area contributed by atoms with Gasteiger partial charge in [0, 0.05) is 49.6 Å². The van der Waals surface area contributed by atoms with Crippen molar-refractivity contribution < 1.29 is 14.1 Å². The maximum absolute atomic E-state index is 11.6. The maximum atomic E-state index is 11.6. The lowest BCUT2D eigenvalue weighted by Gasteiger charge is -2.21. The molecule has 4 rings (SSSR count). The van der Waals surface area contributed by atoms with Crippen LogP contribution in [0.4, 0.5) is 5.69 Å². The predicted molar refractivity (Wildman–Crippen MR) is 161 cm³/mol. The Kier molecular flexibility index (Phi) is 9.70. The molecule has 40 heavy (non-hydrogen) atoms. The third kappa shape index (κ3) is 6.59. The minimum absolute atomic E-state index is 0.0646. The highest BCUT2D eigenvalue weighted by atomic mass is 35.5. The molecule has 3 aromatic heterocycles. The number of benzene rings is 1. The second-order valence-electron chi connectivity index (χ2n) is 9.04. The van der Waals surface area contributed by atoms with Gasteiger partial charge >= 0.3 is 0 Å². The molecule has 0 aliphatic heterocycles. The quantitative estimate of drug-likeness (QED) is 0.110. The monoisotopic (exact) mass is 598 g/mol. The summed E-state index contributed by atoms with van der Waals surface area (Å²) >= 11 is 16.6. The first-order chi connectivity index (χ1) is 19.2. The minimum Gasteiger partial charge on any atom is -0.487 e. The molecule has 0 saturated carbocycles. The van der Waals surface area contributed by atoms with E-state index >= 15 is 0 Å². The van der Waals surface area contributed by atoms with Crippen molar-refractivity contribution >= 4 is 53.7 Å². The normalized spacial score (nSPS) is 11.3. The van der Waals surface area contributed by atoms with Crippen LogP contribution >= 0.6 is 36.0 Å². The van der Waals surface area contributed by atoms with Crippen molar-refractivity contribution in [3.05, 3.63) is 81.9 Å². The Hall–Kier alpha value is -3.57. The zero-order valence-corrected chi connectivity index (χ0v) is 24.7. The van der Waals surface area contributed by atoms with Gasteiger partial charge < -0.3 is 14.3 Å². The number of pyridine rings is 2. The lowest BCUT2D eigenvalue weighted by molar-refractivity contribution is -0.114. The first-order valence-corrected chi connectivity index (χ1v) is 13.5. The Balaban J connectivity index is 1.58. The second kappa shape index (κ2) is 13.2. The van der Waals surface area contributed by atoms with E-state index in [4.69, 9.17) is 32.5 Å². The van der Waals surface area contributed by atoms with Crippen molar-refractivity contribution in [3.63, 3.8) is 0 Å². The molecule has 0 saturated heterocycles. The van der Waals surface area contributed by atoms with E-state index in [0.717, 1.165) is 28.1 Å². The summed E-state index contributed by atoms with van der Waals surface area (Å²) < 4.78 is 14.0.